The van der Waals surface area contributed by atoms with E-state index in [0.717, 1.165) is 0 Å². The SMILES string of the molecule is NCC(F)(F)F.O=S(=O)(O)O. The van der Waals surface area contributed by atoms with Crippen LogP contribution in [0.15, 0.2) is 0 Å². The highest BCUT2D eigenvalue weighted by Gasteiger charge is 2.23. The van der Waals surface area contributed by atoms with Crippen LogP contribution in [0, 0.1) is 0 Å². The maximum absolute atomic E-state index is 10.7. The molecule has 0 aliphatic heterocycles. The molecule has 70 valence electrons. The molecular formula is C2H6F3NO4S. The van der Waals surface area contributed by atoms with Crippen molar-refractivity contribution >= 4 is 10.4 Å². The summed E-state index contributed by atoms with van der Waals surface area (Å²) in [6, 6.07) is 0. The van der Waals surface area contributed by atoms with Crippen molar-refractivity contribution in [3.8, 4) is 0 Å². The van der Waals surface area contributed by atoms with E-state index in [1.807, 2.05) is 0 Å². The number of hydrogen-bond donors (Lipinski definition) is 3. The Morgan fingerprint density at radius 3 is 1.36 bits per heavy atom. The van der Waals surface area contributed by atoms with E-state index >= 15 is 0 Å². The van der Waals surface area contributed by atoms with Crippen molar-refractivity contribution in [2.75, 3.05) is 6.54 Å². The van der Waals surface area contributed by atoms with Crippen LogP contribution in [-0.4, -0.2) is 30.2 Å². The summed E-state index contributed by atoms with van der Waals surface area (Å²) in [4.78, 5) is 0. The van der Waals surface area contributed by atoms with Crippen molar-refractivity contribution in [1.82, 2.24) is 0 Å². The fraction of sp³-hybridized carbons (Fsp3) is 1.00. The van der Waals surface area contributed by atoms with Gasteiger partial charge in [-0.05, 0) is 0 Å². The zero-order valence-electron chi connectivity index (χ0n) is 5.04. The summed E-state index contributed by atoms with van der Waals surface area (Å²) >= 11 is 0. The lowest BCUT2D eigenvalue weighted by molar-refractivity contribution is -0.118. The van der Waals surface area contributed by atoms with Crippen LogP contribution >= 0.6 is 0 Å². The monoisotopic (exact) mass is 197 g/mol. The summed E-state index contributed by atoms with van der Waals surface area (Å²) in [5.41, 5.74) is 4.18. The van der Waals surface area contributed by atoms with Gasteiger partial charge >= 0.3 is 16.6 Å². The standard InChI is InChI=1S/C2H4F3N.H2O4S/c3-2(4,5)1-6;1-5(2,3)4/h1,6H2;(H2,1,2,3,4). The van der Waals surface area contributed by atoms with Crippen LogP contribution in [0.4, 0.5) is 13.2 Å². The van der Waals surface area contributed by atoms with Crippen LogP contribution in [0.25, 0.3) is 0 Å². The van der Waals surface area contributed by atoms with Crippen molar-refractivity contribution in [1.29, 1.82) is 0 Å². The summed E-state index contributed by atoms with van der Waals surface area (Å²) < 4.78 is 63.6. The highest BCUT2D eigenvalue weighted by molar-refractivity contribution is 7.79. The molecule has 0 aromatic rings. The third-order valence-corrected chi connectivity index (χ3v) is 0.231. The normalized spacial score (nSPS) is 11.8. The van der Waals surface area contributed by atoms with Gasteiger partial charge in [-0.25, -0.2) is 0 Å². The van der Waals surface area contributed by atoms with Crippen LogP contribution in [-0.2, 0) is 10.4 Å². The molecule has 0 amide bonds. The fourth-order valence-corrected chi connectivity index (χ4v) is 0. The number of rotatable bonds is 0. The molecule has 0 aromatic heterocycles. The molecule has 9 heteroatoms. The van der Waals surface area contributed by atoms with Gasteiger partial charge in [-0.1, -0.05) is 0 Å². The molecule has 0 fully saturated rings. The largest absolute Gasteiger partial charge is 0.400 e. The van der Waals surface area contributed by atoms with Crippen LogP contribution in [0.2, 0.25) is 0 Å². The zero-order chi connectivity index (χ0) is 9.71. The van der Waals surface area contributed by atoms with Gasteiger partial charge in [-0.2, -0.15) is 21.6 Å². The van der Waals surface area contributed by atoms with Crippen molar-refractivity contribution in [2.45, 2.75) is 6.18 Å². The maximum Gasteiger partial charge on any atom is 0.400 e. The predicted octanol–water partition coefficient (Wildman–Crippen LogP) is -0.145. The van der Waals surface area contributed by atoms with E-state index in [4.69, 9.17) is 17.5 Å². The van der Waals surface area contributed by atoms with Gasteiger partial charge in [0.15, 0.2) is 0 Å². The average molecular weight is 197 g/mol. The third-order valence-electron chi connectivity index (χ3n) is 0.231. The summed E-state index contributed by atoms with van der Waals surface area (Å²) in [6.45, 7) is -1.23. The summed E-state index contributed by atoms with van der Waals surface area (Å²) in [5.74, 6) is 0. The topological polar surface area (TPSA) is 101 Å². The van der Waals surface area contributed by atoms with Gasteiger partial charge in [0.2, 0.25) is 0 Å². The van der Waals surface area contributed by atoms with Crippen molar-refractivity contribution < 1.29 is 30.7 Å². The fourth-order valence-electron chi connectivity index (χ4n) is 0. The molecule has 5 nitrogen and oxygen atoms in total. The molecule has 0 aliphatic rings. The molecule has 0 aromatic carbocycles. The van der Waals surface area contributed by atoms with Gasteiger partial charge in [0.25, 0.3) is 0 Å². The number of nitrogens with two attached hydrogens (primary N) is 1. The third kappa shape index (κ3) is 81.4. The van der Waals surface area contributed by atoms with Crippen molar-refractivity contribution in [2.24, 2.45) is 5.73 Å². The first-order valence-electron chi connectivity index (χ1n) is 2.03. The Morgan fingerprint density at radius 2 is 1.36 bits per heavy atom. The van der Waals surface area contributed by atoms with E-state index in [1.165, 1.54) is 0 Å². The maximum atomic E-state index is 10.7. The van der Waals surface area contributed by atoms with E-state index in [2.05, 4.69) is 5.73 Å². The van der Waals surface area contributed by atoms with Gasteiger partial charge in [0, 0.05) is 0 Å². The molecule has 0 radical (unpaired) electrons. The number of alkyl halides is 3. The summed E-state index contributed by atoms with van der Waals surface area (Å²) in [5, 5.41) is 0. The van der Waals surface area contributed by atoms with Crippen molar-refractivity contribution in [3.63, 3.8) is 0 Å². The Bertz CT molecular complexity index is 176. The van der Waals surface area contributed by atoms with Gasteiger partial charge in [-0.3, -0.25) is 9.11 Å². The number of halogens is 3. The first-order chi connectivity index (χ1) is 4.56. The lowest BCUT2D eigenvalue weighted by Crippen LogP contribution is -2.21. The lowest BCUT2D eigenvalue weighted by Gasteiger charge is -1.96. The Hall–Kier alpha value is -0.380. The molecular weight excluding hydrogens is 191 g/mol. The van der Waals surface area contributed by atoms with Gasteiger partial charge < -0.3 is 5.73 Å². The molecule has 0 bridgehead atoms. The molecule has 0 atom stereocenters. The highest BCUT2D eigenvalue weighted by atomic mass is 32.3. The molecule has 0 spiro atoms. The van der Waals surface area contributed by atoms with Crippen molar-refractivity contribution in [3.05, 3.63) is 0 Å². The lowest BCUT2D eigenvalue weighted by atomic mass is 10.7. The van der Waals surface area contributed by atoms with Gasteiger partial charge in [0.05, 0.1) is 6.54 Å². The molecule has 0 aliphatic carbocycles. The van der Waals surface area contributed by atoms with Gasteiger partial charge in [0.1, 0.15) is 0 Å². The Kier molecular flexibility index (Phi) is 5.40. The minimum atomic E-state index is -4.67. The first kappa shape index (κ1) is 13.2. The zero-order valence-corrected chi connectivity index (χ0v) is 5.85. The molecule has 0 saturated heterocycles. The summed E-state index contributed by atoms with van der Waals surface area (Å²) in [6.07, 6.45) is -4.18. The summed E-state index contributed by atoms with van der Waals surface area (Å²) in [7, 11) is -4.67. The average Bonchev–Trinajstić information content (AvgIpc) is 1.59. The minimum Gasteiger partial charge on any atom is -0.323 e. The minimum absolute atomic E-state index is 1.23. The van der Waals surface area contributed by atoms with Crippen LogP contribution < -0.4 is 5.73 Å². The van der Waals surface area contributed by atoms with E-state index in [-0.39, 0.29) is 0 Å². The first-order valence-corrected chi connectivity index (χ1v) is 3.42. The smallest absolute Gasteiger partial charge is 0.323 e. The molecule has 4 N–H and O–H groups in total. The van der Waals surface area contributed by atoms with E-state index in [1.54, 1.807) is 0 Å². The Labute approximate surface area is 60.6 Å². The van der Waals surface area contributed by atoms with Crippen LogP contribution in [0.3, 0.4) is 0 Å². The molecule has 0 unspecified atom stereocenters. The highest BCUT2D eigenvalue weighted by Crippen LogP contribution is 2.10. The Morgan fingerprint density at radius 1 is 1.27 bits per heavy atom. The van der Waals surface area contributed by atoms with Crippen LogP contribution in [0.5, 0.6) is 0 Å². The van der Waals surface area contributed by atoms with E-state index in [9.17, 15) is 13.2 Å². The Balaban J connectivity index is 0. The quantitative estimate of drug-likeness (QED) is 0.469. The van der Waals surface area contributed by atoms with Crippen LogP contribution in [0.1, 0.15) is 0 Å². The second-order valence-electron chi connectivity index (χ2n) is 1.27. The molecule has 0 saturated carbocycles. The van der Waals surface area contributed by atoms with Gasteiger partial charge in [-0.15, -0.1) is 0 Å². The van der Waals surface area contributed by atoms with E-state index in [0.29, 0.717) is 0 Å². The van der Waals surface area contributed by atoms with E-state index < -0.39 is 23.1 Å². The predicted molar refractivity (Wildman–Crippen MR) is 29.3 cm³/mol. The second kappa shape index (κ2) is 4.49. The second-order valence-corrected chi connectivity index (χ2v) is 2.16. The number of hydrogen-bond acceptors (Lipinski definition) is 3. The molecule has 0 rings (SSSR count). The molecule has 0 heterocycles. The molecule has 11 heavy (non-hydrogen) atoms.